The molecule has 0 saturated heterocycles. The van der Waals surface area contributed by atoms with Gasteiger partial charge in [0.1, 0.15) is 0 Å². The Labute approximate surface area is 144 Å². The Balaban J connectivity index is 1.82. The number of aromatic nitrogens is 4. The van der Waals surface area contributed by atoms with E-state index in [-0.39, 0.29) is 0 Å². The van der Waals surface area contributed by atoms with Crippen molar-refractivity contribution in [2.45, 2.75) is 6.92 Å². The second-order valence-corrected chi connectivity index (χ2v) is 5.06. The van der Waals surface area contributed by atoms with Crippen molar-refractivity contribution in [2.75, 3.05) is 26.8 Å². The van der Waals surface area contributed by atoms with E-state index in [1.165, 1.54) is 0 Å². The van der Waals surface area contributed by atoms with Crippen LogP contribution in [-0.4, -0.2) is 47.4 Å². The fraction of sp³-hybridized carbons (Fsp3) is 0.250. The summed E-state index contributed by atoms with van der Waals surface area (Å²) >= 11 is 0. The van der Waals surface area contributed by atoms with E-state index in [9.17, 15) is 0 Å². The van der Waals surface area contributed by atoms with Crippen LogP contribution in [0.4, 0.5) is 5.82 Å². The monoisotopic (exact) mass is 342 g/mol. The van der Waals surface area contributed by atoms with Crippen molar-refractivity contribution in [2.24, 2.45) is 5.10 Å². The normalized spacial score (nSPS) is 11.0. The summed E-state index contributed by atoms with van der Waals surface area (Å²) in [5.41, 5.74) is 4.33. The number of aryl methyl sites for hydroxylation is 1. The van der Waals surface area contributed by atoms with Crippen LogP contribution < -0.4 is 19.6 Å². The molecule has 0 unspecified atom stereocenters. The van der Waals surface area contributed by atoms with Crippen LogP contribution in [0.3, 0.4) is 0 Å². The lowest BCUT2D eigenvalue weighted by Crippen LogP contribution is -2.00. The van der Waals surface area contributed by atoms with Gasteiger partial charge in [-0.25, -0.2) is 0 Å². The first-order valence-electron chi connectivity index (χ1n) is 7.44. The molecule has 0 saturated carbocycles. The quantitative estimate of drug-likeness (QED) is 0.540. The van der Waals surface area contributed by atoms with Crippen LogP contribution in [0.5, 0.6) is 17.2 Å². The molecule has 9 heteroatoms. The number of nitrogens with one attached hydrogen (secondary N) is 1. The first-order chi connectivity index (χ1) is 12.2. The number of hydrogen-bond donors (Lipinski definition) is 1. The minimum Gasteiger partial charge on any atom is -0.493 e. The number of ether oxygens (including phenoxy) is 3. The Morgan fingerprint density at radius 2 is 1.76 bits per heavy atom. The number of hydrogen-bond acceptors (Lipinski definition) is 8. The molecule has 0 atom stereocenters. The van der Waals surface area contributed by atoms with E-state index in [4.69, 9.17) is 14.2 Å². The lowest BCUT2D eigenvalue weighted by Gasteiger charge is -2.12. The lowest BCUT2D eigenvalue weighted by atomic mass is 10.2. The molecule has 1 aromatic carbocycles. The molecule has 25 heavy (non-hydrogen) atoms. The van der Waals surface area contributed by atoms with Crippen molar-refractivity contribution < 1.29 is 14.2 Å². The van der Waals surface area contributed by atoms with E-state index < -0.39 is 0 Å². The minimum absolute atomic E-state index is 0.533. The Morgan fingerprint density at radius 1 is 1.04 bits per heavy atom. The first kappa shape index (κ1) is 16.5. The third-order valence-electron chi connectivity index (χ3n) is 3.50. The molecule has 3 aromatic rings. The van der Waals surface area contributed by atoms with E-state index in [0.29, 0.717) is 34.5 Å². The van der Waals surface area contributed by atoms with E-state index in [1.807, 2.05) is 13.0 Å². The second-order valence-electron chi connectivity index (χ2n) is 5.06. The van der Waals surface area contributed by atoms with Crippen molar-refractivity contribution in [1.29, 1.82) is 0 Å². The van der Waals surface area contributed by atoms with Crippen molar-refractivity contribution in [3.8, 4) is 17.2 Å². The lowest BCUT2D eigenvalue weighted by molar-refractivity contribution is 0.324. The highest BCUT2D eigenvalue weighted by molar-refractivity contribution is 5.83. The van der Waals surface area contributed by atoms with Crippen molar-refractivity contribution in [1.82, 2.24) is 19.8 Å². The summed E-state index contributed by atoms with van der Waals surface area (Å²) in [6, 6.07) is 7.18. The number of anilines is 1. The van der Waals surface area contributed by atoms with Gasteiger partial charge in [0.2, 0.25) is 5.75 Å². The summed E-state index contributed by atoms with van der Waals surface area (Å²) in [4.78, 5) is 0. The van der Waals surface area contributed by atoms with Crippen molar-refractivity contribution in [3.05, 3.63) is 35.7 Å². The first-order valence-corrected chi connectivity index (χ1v) is 7.44. The predicted molar refractivity (Wildman–Crippen MR) is 92.8 cm³/mol. The van der Waals surface area contributed by atoms with Gasteiger partial charge >= 0.3 is 0 Å². The SMILES string of the molecule is COc1cc(/C=N\Nc2ccc3nnc(C)n3n2)cc(OC)c1OC. The van der Waals surface area contributed by atoms with Gasteiger partial charge in [-0.05, 0) is 31.2 Å². The van der Waals surface area contributed by atoms with Gasteiger partial charge in [0.05, 0.1) is 27.5 Å². The van der Waals surface area contributed by atoms with Gasteiger partial charge in [-0.15, -0.1) is 15.3 Å². The molecule has 0 spiro atoms. The number of benzene rings is 1. The topological polar surface area (TPSA) is 95.2 Å². The zero-order valence-corrected chi connectivity index (χ0v) is 14.3. The molecule has 2 aromatic heterocycles. The van der Waals surface area contributed by atoms with E-state index in [2.05, 4.69) is 25.8 Å². The summed E-state index contributed by atoms with van der Waals surface area (Å²) in [6.07, 6.45) is 1.63. The molecule has 9 nitrogen and oxygen atoms in total. The highest BCUT2D eigenvalue weighted by Crippen LogP contribution is 2.37. The molecule has 0 amide bonds. The predicted octanol–water partition coefficient (Wildman–Crippen LogP) is 1.90. The number of nitrogens with zero attached hydrogens (tertiary/aromatic N) is 5. The molecular formula is C16H18N6O3. The van der Waals surface area contributed by atoms with Crippen LogP contribution in [0.2, 0.25) is 0 Å². The van der Waals surface area contributed by atoms with E-state index in [1.54, 1.807) is 50.3 Å². The highest BCUT2D eigenvalue weighted by atomic mass is 16.5. The summed E-state index contributed by atoms with van der Waals surface area (Å²) < 4.78 is 17.6. The fourth-order valence-electron chi connectivity index (χ4n) is 2.30. The van der Waals surface area contributed by atoms with Crippen LogP contribution in [0.25, 0.3) is 5.65 Å². The molecule has 2 heterocycles. The molecule has 0 aliphatic heterocycles. The average Bonchev–Trinajstić information content (AvgIpc) is 3.01. The highest BCUT2D eigenvalue weighted by Gasteiger charge is 2.12. The molecule has 0 fully saturated rings. The van der Waals surface area contributed by atoms with Gasteiger partial charge < -0.3 is 14.2 Å². The summed E-state index contributed by atoms with van der Waals surface area (Å²) in [6.45, 7) is 1.83. The van der Waals surface area contributed by atoms with Crippen LogP contribution in [-0.2, 0) is 0 Å². The molecular weight excluding hydrogens is 324 g/mol. The second kappa shape index (κ2) is 7.04. The van der Waals surface area contributed by atoms with E-state index in [0.717, 1.165) is 5.56 Å². The van der Waals surface area contributed by atoms with Crippen LogP contribution in [0, 0.1) is 6.92 Å². The molecule has 0 aliphatic rings. The number of fused-ring (bicyclic) bond motifs is 1. The van der Waals surface area contributed by atoms with Crippen LogP contribution in [0.15, 0.2) is 29.4 Å². The standard InChI is InChI=1S/C16H18N6O3/c1-10-18-20-15-6-5-14(21-22(10)15)19-17-9-11-7-12(23-2)16(25-4)13(8-11)24-3/h5-9H,1-4H3,(H,19,21)/b17-9-. The maximum absolute atomic E-state index is 5.32. The maximum Gasteiger partial charge on any atom is 0.203 e. The molecule has 0 radical (unpaired) electrons. The molecule has 1 N–H and O–H groups in total. The minimum atomic E-state index is 0.533. The Morgan fingerprint density at radius 3 is 2.40 bits per heavy atom. The van der Waals surface area contributed by atoms with E-state index >= 15 is 0 Å². The van der Waals surface area contributed by atoms with Gasteiger partial charge in [0, 0.05) is 5.56 Å². The molecule has 3 rings (SSSR count). The maximum atomic E-state index is 5.32. The van der Waals surface area contributed by atoms with Crippen molar-refractivity contribution in [3.63, 3.8) is 0 Å². The molecule has 0 aliphatic carbocycles. The molecule has 130 valence electrons. The Kier molecular flexibility index (Phi) is 4.64. The average molecular weight is 342 g/mol. The van der Waals surface area contributed by atoms with Gasteiger partial charge in [0.15, 0.2) is 28.8 Å². The smallest absolute Gasteiger partial charge is 0.203 e. The number of rotatable bonds is 6. The fourth-order valence-corrected chi connectivity index (χ4v) is 2.30. The third-order valence-corrected chi connectivity index (χ3v) is 3.50. The number of hydrazone groups is 1. The third kappa shape index (κ3) is 3.30. The largest absolute Gasteiger partial charge is 0.493 e. The van der Waals surface area contributed by atoms with Gasteiger partial charge in [0.25, 0.3) is 0 Å². The summed E-state index contributed by atoms with van der Waals surface area (Å²) in [5.74, 6) is 2.92. The van der Waals surface area contributed by atoms with Gasteiger partial charge in [-0.3, -0.25) is 5.43 Å². The summed E-state index contributed by atoms with van der Waals surface area (Å²) in [7, 11) is 4.69. The number of methoxy groups -OCH3 is 3. The Hall–Kier alpha value is -3.36. The van der Waals surface area contributed by atoms with Gasteiger partial charge in [-0.2, -0.15) is 9.62 Å². The van der Waals surface area contributed by atoms with Crippen LogP contribution in [0.1, 0.15) is 11.4 Å². The van der Waals surface area contributed by atoms with Crippen LogP contribution >= 0.6 is 0 Å². The zero-order valence-electron chi connectivity index (χ0n) is 14.3. The molecule has 0 bridgehead atoms. The summed E-state index contributed by atoms with van der Waals surface area (Å²) in [5, 5.41) is 16.5. The van der Waals surface area contributed by atoms with Gasteiger partial charge in [-0.1, -0.05) is 0 Å². The zero-order chi connectivity index (χ0) is 17.8. The van der Waals surface area contributed by atoms with Crippen molar-refractivity contribution >= 4 is 17.7 Å². The Bertz CT molecular complexity index is 896.